The second kappa shape index (κ2) is 5.45. The summed E-state index contributed by atoms with van der Waals surface area (Å²) in [7, 11) is 0. The summed E-state index contributed by atoms with van der Waals surface area (Å²) in [5, 5.41) is 9.17. The van der Waals surface area contributed by atoms with Gasteiger partial charge >= 0.3 is 0 Å². The molecule has 0 N–H and O–H groups in total. The normalized spacial score (nSPS) is 9.95. The highest BCUT2D eigenvalue weighted by molar-refractivity contribution is 5.79. The number of carbonyl (C=O) groups excluding carboxylic acids is 1. The number of pyridine rings is 1. The van der Waals surface area contributed by atoms with Crippen molar-refractivity contribution in [3.63, 3.8) is 0 Å². The third kappa shape index (κ3) is 2.86. The van der Waals surface area contributed by atoms with E-state index in [1.807, 2.05) is 43.3 Å². The summed E-state index contributed by atoms with van der Waals surface area (Å²) in [6.45, 7) is 3.46. The van der Waals surface area contributed by atoms with Gasteiger partial charge in [-0.15, -0.1) is 0 Å². The van der Waals surface area contributed by atoms with E-state index in [0.717, 1.165) is 16.8 Å². The summed E-state index contributed by atoms with van der Waals surface area (Å²) in [5.74, 6) is 0.0326. The van der Waals surface area contributed by atoms with Gasteiger partial charge in [-0.1, -0.05) is 36.4 Å². The molecule has 0 unspecified atom stereocenters. The van der Waals surface area contributed by atoms with Crippen molar-refractivity contribution >= 4 is 5.78 Å². The maximum Gasteiger partial charge on any atom is 0.144 e. The van der Waals surface area contributed by atoms with E-state index in [1.54, 1.807) is 0 Å². The van der Waals surface area contributed by atoms with Crippen LogP contribution in [0.3, 0.4) is 0 Å². The highest BCUT2D eigenvalue weighted by atomic mass is 16.1. The maximum absolute atomic E-state index is 11.2. The van der Waals surface area contributed by atoms with Crippen LogP contribution in [-0.4, -0.2) is 10.8 Å². The summed E-state index contributed by atoms with van der Waals surface area (Å²) in [6, 6.07) is 13.7. The maximum atomic E-state index is 11.2. The molecule has 3 heteroatoms. The molecule has 1 aromatic heterocycles. The molecule has 2 aromatic rings. The van der Waals surface area contributed by atoms with Crippen LogP contribution >= 0.6 is 0 Å². The molecular formula is C16H14N2O. The third-order valence-corrected chi connectivity index (χ3v) is 2.88. The number of nitrogens with zero attached hydrogens (tertiary/aromatic N) is 2. The Kier molecular flexibility index (Phi) is 3.72. The van der Waals surface area contributed by atoms with Crippen LogP contribution in [0.15, 0.2) is 36.4 Å². The van der Waals surface area contributed by atoms with E-state index in [1.165, 1.54) is 6.92 Å². The minimum atomic E-state index is 0.0326. The van der Waals surface area contributed by atoms with Crippen LogP contribution in [0.4, 0.5) is 0 Å². The molecule has 0 bridgehead atoms. The van der Waals surface area contributed by atoms with E-state index < -0.39 is 0 Å². The van der Waals surface area contributed by atoms with E-state index >= 15 is 0 Å². The number of nitriles is 1. The molecule has 2 rings (SSSR count). The molecule has 3 nitrogen and oxygen atoms in total. The lowest BCUT2D eigenvalue weighted by Crippen LogP contribution is -2.03. The summed E-state index contributed by atoms with van der Waals surface area (Å²) >= 11 is 0. The average molecular weight is 250 g/mol. The molecule has 0 saturated heterocycles. The number of Topliss-reactive ketones (excluding diaryl/α,β-unsaturated/α-hetero) is 1. The lowest BCUT2D eigenvalue weighted by Gasteiger charge is -2.09. The lowest BCUT2D eigenvalue weighted by molar-refractivity contribution is -0.116. The molecule has 0 saturated carbocycles. The fourth-order valence-electron chi connectivity index (χ4n) is 2.06. The molecule has 1 aromatic carbocycles. The van der Waals surface area contributed by atoms with Crippen molar-refractivity contribution in [3.05, 3.63) is 53.2 Å². The zero-order chi connectivity index (χ0) is 13.8. The number of aryl methyl sites for hydroxylation is 1. The highest BCUT2D eigenvalue weighted by Crippen LogP contribution is 2.23. The van der Waals surface area contributed by atoms with E-state index in [-0.39, 0.29) is 12.2 Å². The first kappa shape index (κ1) is 13.0. The molecule has 0 amide bonds. The van der Waals surface area contributed by atoms with E-state index in [4.69, 9.17) is 5.26 Å². The molecule has 0 fully saturated rings. The standard InChI is InChI=1S/C16H14N2O/c1-11-8-14(9-12(2)19)15(10-17)18-16(11)13-6-4-3-5-7-13/h3-8H,9H2,1-2H3. The van der Waals surface area contributed by atoms with E-state index in [0.29, 0.717) is 11.3 Å². The Hall–Kier alpha value is -2.47. The first-order chi connectivity index (χ1) is 9.11. The summed E-state index contributed by atoms with van der Waals surface area (Å²) in [5.41, 5.74) is 3.78. The molecule has 0 aliphatic rings. The number of rotatable bonds is 3. The van der Waals surface area contributed by atoms with Crippen molar-refractivity contribution in [2.45, 2.75) is 20.3 Å². The fraction of sp³-hybridized carbons (Fsp3) is 0.188. The summed E-state index contributed by atoms with van der Waals surface area (Å²) in [6.07, 6.45) is 0.256. The number of aromatic nitrogens is 1. The summed E-state index contributed by atoms with van der Waals surface area (Å²) in [4.78, 5) is 15.6. The van der Waals surface area contributed by atoms with Gasteiger partial charge < -0.3 is 0 Å². The fourth-order valence-corrected chi connectivity index (χ4v) is 2.06. The smallest absolute Gasteiger partial charge is 0.144 e. The molecule has 1 heterocycles. The number of hydrogen-bond acceptors (Lipinski definition) is 3. The SMILES string of the molecule is CC(=O)Cc1cc(C)c(-c2ccccc2)nc1C#N. The minimum absolute atomic E-state index is 0.0326. The second-order valence-electron chi connectivity index (χ2n) is 4.52. The van der Waals surface area contributed by atoms with Crippen molar-refractivity contribution in [3.8, 4) is 17.3 Å². The van der Waals surface area contributed by atoms with Crippen molar-refractivity contribution < 1.29 is 4.79 Å². The van der Waals surface area contributed by atoms with Crippen molar-refractivity contribution in [1.82, 2.24) is 4.98 Å². The topological polar surface area (TPSA) is 53.8 Å². The Morgan fingerprint density at radius 3 is 2.58 bits per heavy atom. The zero-order valence-electron chi connectivity index (χ0n) is 11.0. The van der Waals surface area contributed by atoms with Gasteiger partial charge in [0.1, 0.15) is 17.5 Å². The number of ketones is 1. The molecular weight excluding hydrogens is 236 g/mol. The number of carbonyl (C=O) groups is 1. The second-order valence-corrected chi connectivity index (χ2v) is 4.52. The van der Waals surface area contributed by atoms with Gasteiger partial charge in [0.25, 0.3) is 0 Å². The van der Waals surface area contributed by atoms with Gasteiger partial charge in [0.15, 0.2) is 0 Å². The number of hydrogen-bond donors (Lipinski definition) is 0. The Morgan fingerprint density at radius 1 is 1.32 bits per heavy atom. The zero-order valence-corrected chi connectivity index (χ0v) is 11.0. The largest absolute Gasteiger partial charge is 0.300 e. The highest BCUT2D eigenvalue weighted by Gasteiger charge is 2.11. The Balaban J connectivity index is 2.55. The van der Waals surface area contributed by atoms with Crippen LogP contribution in [0.5, 0.6) is 0 Å². The Labute approximate surface area is 112 Å². The number of benzene rings is 1. The van der Waals surface area contributed by atoms with Crippen molar-refractivity contribution in [2.24, 2.45) is 0 Å². The predicted octanol–water partition coefficient (Wildman–Crippen LogP) is 3.06. The van der Waals surface area contributed by atoms with Crippen molar-refractivity contribution in [1.29, 1.82) is 5.26 Å². The Morgan fingerprint density at radius 2 is 2.00 bits per heavy atom. The molecule has 0 radical (unpaired) electrons. The van der Waals surface area contributed by atoms with Crippen LogP contribution in [-0.2, 0) is 11.2 Å². The van der Waals surface area contributed by atoms with Crippen LogP contribution in [0.2, 0.25) is 0 Å². The molecule has 0 aliphatic carbocycles. The molecule has 0 atom stereocenters. The van der Waals surface area contributed by atoms with Crippen LogP contribution < -0.4 is 0 Å². The predicted molar refractivity (Wildman–Crippen MR) is 73.5 cm³/mol. The first-order valence-corrected chi connectivity index (χ1v) is 6.07. The van der Waals surface area contributed by atoms with Crippen LogP contribution in [0.1, 0.15) is 23.7 Å². The van der Waals surface area contributed by atoms with E-state index in [2.05, 4.69) is 11.1 Å². The van der Waals surface area contributed by atoms with Crippen molar-refractivity contribution in [2.75, 3.05) is 0 Å². The van der Waals surface area contributed by atoms with E-state index in [9.17, 15) is 4.79 Å². The average Bonchev–Trinajstić information content (AvgIpc) is 2.39. The van der Waals surface area contributed by atoms with Gasteiger partial charge in [0.05, 0.1) is 5.69 Å². The first-order valence-electron chi connectivity index (χ1n) is 6.07. The molecule has 19 heavy (non-hydrogen) atoms. The van der Waals surface area contributed by atoms with Gasteiger partial charge in [-0.05, 0) is 25.0 Å². The van der Waals surface area contributed by atoms with Crippen LogP contribution in [0.25, 0.3) is 11.3 Å². The van der Waals surface area contributed by atoms with Gasteiger partial charge in [-0.2, -0.15) is 5.26 Å². The van der Waals surface area contributed by atoms with Gasteiger partial charge in [-0.3, -0.25) is 4.79 Å². The third-order valence-electron chi connectivity index (χ3n) is 2.88. The van der Waals surface area contributed by atoms with Gasteiger partial charge in [-0.25, -0.2) is 4.98 Å². The van der Waals surface area contributed by atoms with Crippen LogP contribution in [0, 0.1) is 18.3 Å². The molecule has 94 valence electrons. The van der Waals surface area contributed by atoms with Gasteiger partial charge in [0.2, 0.25) is 0 Å². The molecule has 0 aliphatic heterocycles. The minimum Gasteiger partial charge on any atom is -0.300 e. The lowest BCUT2D eigenvalue weighted by atomic mass is 10.0. The molecule has 0 spiro atoms. The van der Waals surface area contributed by atoms with Gasteiger partial charge in [0, 0.05) is 12.0 Å². The monoisotopic (exact) mass is 250 g/mol. The quantitative estimate of drug-likeness (QED) is 0.841. The Bertz CT molecular complexity index is 654. The summed E-state index contributed by atoms with van der Waals surface area (Å²) < 4.78 is 0.